The van der Waals surface area contributed by atoms with Crippen LogP contribution >= 0.6 is 23.1 Å². The van der Waals surface area contributed by atoms with E-state index in [1.165, 1.54) is 28.1 Å². The van der Waals surface area contributed by atoms with Gasteiger partial charge in [-0.1, -0.05) is 23.1 Å². The highest BCUT2D eigenvalue weighted by Crippen LogP contribution is 2.26. The number of amides is 1. The van der Waals surface area contributed by atoms with Gasteiger partial charge in [0.2, 0.25) is 0 Å². The Bertz CT molecular complexity index is 736. The molecular weight excluding hydrogens is 320 g/mol. The van der Waals surface area contributed by atoms with Crippen molar-refractivity contribution in [3.63, 3.8) is 0 Å². The average Bonchev–Trinajstić information content (AvgIpc) is 3.01. The van der Waals surface area contributed by atoms with Gasteiger partial charge in [-0.05, 0) is 32.2 Å². The second kappa shape index (κ2) is 6.01. The van der Waals surface area contributed by atoms with Crippen molar-refractivity contribution >= 4 is 35.0 Å². The molecule has 1 amide bonds. The summed E-state index contributed by atoms with van der Waals surface area (Å²) in [5.41, 5.74) is 5.50. The molecule has 0 aromatic carbocycles. The van der Waals surface area contributed by atoms with Gasteiger partial charge in [-0.3, -0.25) is 10.2 Å². The summed E-state index contributed by atoms with van der Waals surface area (Å²) < 4.78 is 0.848. The van der Waals surface area contributed by atoms with Crippen molar-refractivity contribution in [2.24, 2.45) is 0 Å². The van der Waals surface area contributed by atoms with Crippen molar-refractivity contribution in [1.82, 2.24) is 25.6 Å². The van der Waals surface area contributed by atoms with Gasteiger partial charge in [-0.2, -0.15) is 5.01 Å². The lowest BCUT2D eigenvalue weighted by Gasteiger charge is -2.14. The molecule has 1 aliphatic heterocycles. The molecule has 3 heterocycles. The molecule has 0 bridgehead atoms. The molecule has 0 unspecified atom stereocenters. The standard InChI is InChI=1S/C13H14N6OS2/c1-7-4-8(2)15-12(14-7)19-11(20)5-10(18-19)6-21-13-17-16-9(3)22-13/h4,6,18H,5H2,1-3H3/b10-6-. The third-order valence-corrected chi connectivity index (χ3v) is 4.68. The Hall–Kier alpha value is -2.00. The number of hydrogen-bond acceptors (Lipinski definition) is 8. The number of hydrogen-bond donors (Lipinski definition) is 1. The van der Waals surface area contributed by atoms with Crippen LogP contribution in [0.25, 0.3) is 0 Å². The Morgan fingerprint density at radius 2 is 2.00 bits per heavy atom. The van der Waals surface area contributed by atoms with Crippen molar-refractivity contribution in [2.45, 2.75) is 31.5 Å². The Morgan fingerprint density at radius 1 is 1.27 bits per heavy atom. The zero-order chi connectivity index (χ0) is 15.7. The lowest BCUT2D eigenvalue weighted by Crippen LogP contribution is -2.35. The third-order valence-electron chi connectivity index (χ3n) is 2.83. The number of carbonyl (C=O) groups excluding carboxylic acids is 1. The van der Waals surface area contributed by atoms with E-state index in [1.807, 2.05) is 32.2 Å². The number of carbonyl (C=O) groups is 1. The molecule has 2 aromatic rings. The number of aromatic nitrogens is 4. The Morgan fingerprint density at radius 3 is 2.64 bits per heavy atom. The molecule has 0 saturated carbocycles. The van der Waals surface area contributed by atoms with E-state index < -0.39 is 0 Å². The molecule has 0 radical (unpaired) electrons. The fourth-order valence-electron chi connectivity index (χ4n) is 1.97. The fourth-order valence-corrected chi connectivity index (χ4v) is 3.55. The van der Waals surface area contributed by atoms with Crippen LogP contribution in [0.4, 0.5) is 5.95 Å². The summed E-state index contributed by atoms with van der Waals surface area (Å²) in [4.78, 5) is 20.7. The van der Waals surface area contributed by atoms with Crippen molar-refractivity contribution < 1.29 is 4.79 Å². The van der Waals surface area contributed by atoms with Gasteiger partial charge in [-0.25, -0.2) is 9.97 Å². The third kappa shape index (κ3) is 3.25. The van der Waals surface area contributed by atoms with E-state index >= 15 is 0 Å². The molecule has 7 nitrogen and oxygen atoms in total. The zero-order valence-corrected chi connectivity index (χ0v) is 14.0. The van der Waals surface area contributed by atoms with Crippen LogP contribution in [0.5, 0.6) is 0 Å². The second-order valence-electron chi connectivity index (χ2n) is 4.82. The molecule has 9 heteroatoms. The van der Waals surface area contributed by atoms with Crippen molar-refractivity contribution in [3.05, 3.63) is 33.6 Å². The fraction of sp³-hybridized carbons (Fsp3) is 0.308. The maximum atomic E-state index is 12.1. The first-order chi connectivity index (χ1) is 10.5. The number of thioether (sulfide) groups is 1. The second-order valence-corrected chi connectivity index (χ2v) is 7.11. The SMILES string of the molecule is Cc1cc(C)nc(N2N/C(=C\Sc3nnc(C)s3)CC2=O)n1. The molecule has 0 spiro atoms. The molecule has 1 N–H and O–H groups in total. The normalized spacial score (nSPS) is 16.4. The summed E-state index contributed by atoms with van der Waals surface area (Å²) >= 11 is 2.96. The van der Waals surface area contributed by atoms with E-state index in [9.17, 15) is 4.79 Å². The predicted molar refractivity (Wildman–Crippen MR) is 85.3 cm³/mol. The summed E-state index contributed by atoms with van der Waals surface area (Å²) in [7, 11) is 0. The Labute approximate surface area is 135 Å². The van der Waals surface area contributed by atoms with Crippen LogP contribution in [-0.4, -0.2) is 26.1 Å². The lowest BCUT2D eigenvalue weighted by molar-refractivity contribution is -0.117. The van der Waals surface area contributed by atoms with E-state index in [0.29, 0.717) is 12.4 Å². The van der Waals surface area contributed by atoms with Crippen LogP contribution in [0.1, 0.15) is 22.8 Å². The van der Waals surface area contributed by atoms with Crippen LogP contribution in [0.15, 0.2) is 21.5 Å². The highest BCUT2D eigenvalue weighted by molar-refractivity contribution is 8.03. The summed E-state index contributed by atoms with van der Waals surface area (Å²) in [5.74, 6) is 0.299. The van der Waals surface area contributed by atoms with Crippen LogP contribution in [0.2, 0.25) is 0 Å². The summed E-state index contributed by atoms with van der Waals surface area (Å²) in [6.07, 6.45) is 0.293. The monoisotopic (exact) mass is 334 g/mol. The number of hydrazine groups is 1. The number of rotatable bonds is 3. The summed E-state index contributed by atoms with van der Waals surface area (Å²) in [5, 5.41) is 12.2. The highest BCUT2D eigenvalue weighted by atomic mass is 32.2. The largest absolute Gasteiger partial charge is 0.292 e. The van der Waals surface area contributed by atoms with Gasteiger partial charge < -0.3 is 0 Å². The van der Waals surface area contributed by atoms with E-state index in [2.05, 4.69) is 25.6 Å². The quantitative estimate of drug-likeness (QED) is 0.861. The van der Waals surface area contributed by atoms with Gasteiger partial charge in [0.05, 0.1) is 6.42 Å². The molecule has 22 heavy (non-hydrogen) atoms. The minimum Gasteiger partial charge on any atom is -0.292 e. The molecule has 1 saturated heterocycles. The molecule has 1 aliphatic rings. The number of anilines is 1. The van der Waals surface area contributed by atoms with Gasteiger partial charge in [0.15, 0.2) is 4.34 Å². The lowest BCUT2D eigenvalue weighted by atomic mass is 10.3. The van der Waals surface area contributed by atoms with E-state index in [1.54, 1.807) is 0 Å². The molecule has 1 fully saturated rings. The highest BCUT2D eigenvalue weighted by Gasteiger charge is 2.28. The van der Waals surface area contributed by atoms with Gasteiger partial charge in [0.1, 0.15) is 5.01 Å². The predicted octanol–water partition coefficient (Wildman–Crippen LogP) is 2.13. The van der Waals surface area contributed by atoms with Gasteiger partial charge in [-0.15, -0.1) is 10.2 Å². The van der Waals surface area contributed by atoms with Crippen LogP contribution < -0.4 is 10.4 Å². The topological polar surface area (TPSA) is 83.9 Å². The van der Waals surface area contributed by atoms with Crippen LogP contribution in [-0.2, 0) is 4.79 Å². The average molecular weight is 334 g/mol. The van der Waals surface area contributed by atoms with Crippen molar-refractivity contribution in [3.8, 4) is 0 Å². The maximum absolute atomic E-state index is 12.1. The van der Waals surface area contributed by atoms with Gasteiger partial charge in [0.25, 0.3) is 11.9 Å². The Kier molecular flexibility index (Phi) is 4.08. The van der Waals surface area contributed by atoms with E-state index in [0.717, 1.165) is 26.4 Å². The molecule has 3 rings (SSSR count). The summed E-state index contributed by atoms with van der Waals surface area (Å²) in [6.45, 7) is 5.66. The number of nitrogens with zero attached hydrogens (tertiary/aromatic N) is 5. The molecular formula is C13H14N6OS2. The molecule has 2 aromatic heterocycles. The first-order valence-electron chi connectivity index (χ1n) is 6.59. The minimum atomic E-state index is -0.0784. The number of aryl methyl sites for hydroxylation is 3. The van der Waals surface area contributed by atoms with Gasteiger partial charge in [0, 0.05) is 17.1 Å². The molecule has 0 aliphatic carbocycles. The molecule has 0 atom stereocenters. The minimum absolute atomic E-state index is 0.0784. The first kappa shape index (κ1) is 14.9. The van der Waals surface area contributed by atoms with E-state index in [-0.39, 0.29) is 5.91 Å². The first-order valence-corrected chi connectivity index (χ1v) is 8.28. The Balaban J connectivity index is 1.75. The van der Waals surface area contributed by atoms with Crippen LogP contribution in [0, 0.1) is 20.8 Å². The smallest absolute Gasteiger partial charge is 0.254 e. The van der Waals surface area contributed by atoms with Crippen molar-refractivity contribution in [2.75, 3.05) is 5.01 Å². The summed E-state index contributed by atoms with van der Waals surface area (Å²) in [6, 6.07) is 1.87. The van der Waals surface area contributed by atoms with E-state index in [4.69, 9.17) is 0 Å². The maximum Gasteiger partial charge on any atom is 0.254 e. The molecule has 114 valence electrons. The zero-order valence-electron chi connectivity index (χ0n) is 12.3. The van der Waals surface area contributed by atoms with Crippen LogP contribution in [0.3, 0.4) is 0 Å². The van der Waals surface area contributed by atoms with Crippen molar-refractivity contribution in [1.29, 1.82) is 0 Å². The number of nitrogens with one attached hydrogen (secondary N) is 1. The van der Waals surface area contributed by atoms with Gasteiger partial charge >= 0.3 is 0 Å².